The summed E-state index contributed by atoms with van der Waals surface area (Å²) in [5, 5.41) is 0. The van der Waals surface area contributed by atoms with Gasteiger partial charge in [0.25, 0.3) is 0 Å². The van der Waals surface area contributed by atoms with Gasteiger partial charge in [-0.3, -0.25) is 0 Å². The fraction of sp³-hybridized carbons (Fsp3) is 0.280. The lowest BCUT2D eigenvalue weighted by atomic mass is 9.76. The smallest absolute Gasteiger partial charge is 0.0540 e. The number of hydrogen-bond donors (Lipinski definition) is 0. The SMILES string of the molecule is CC1(C)c2ccccc2-c2ccc(N(c3ccc4c(c3)C3(CCCC3)c3ccccc3-4)c3ccccc3-c3ccccc3C3CCCCC3)cc21. The number of anilines is 3. The summed E-state index contributed by atoms with van der Waals surface area (Å²) >= 11 is 0. The summed E-state index contributed by atoms with van der Waals surface area (Å²) in [6.45, 7) is 4.80. The highest BCUT2D eigenvalue weighted by molar-refractivity contribution is 5.93. The average molecular weight is 662 g/mol. The van der Waals surface area contributed by atoms with E-state index in [4.69, 9.17) is 0 Å². The molecule has 252 valence electrons. The highest BCUT2D eigenvalue weighted by atomic mass is 15.1. The molecule has 4 aliphatic carbocycles. The maximum absolute atomic E-state index is 2.60. The predicted octanol–water partition coefficient (Wildman–Crippen LogP) is 14.0. The summed E-state index contributed by atoms with van der Waals surface area (Å²) in [6.07, 6.45) is 11.7. The van der Waals surface area contributed by atoms with Gasteiger partial charge in [-0.15, -0.1) is 0 Å². The van der Waals surface area contributed by atoms with Gasteiger partial charge in [-0.05, 0) is 118 Å². The zero-order valence-corrected chi connectivity index (χ0v) is 30.1. The molecule has 1 heteroatoms. The second-order valence-corrected chi connectivity index (χ2v) is 16.2. The minimum Gasteiger partial charge on any atom is -0.310 e. The van der Waals surface area contributed by atoms with Crippen molar-refractivity contribution in [3.63, 3.8) is 0 Å². The molecule has 0 saturated heterocycles. The van der Waals surface area contributed by atoms with Crippen LogP contribution in [0.1, 0.15) is 105 Å². The molecule has 0 radical (unpaired) electrons. The Hall–Kier alpha value is -4.88. The van der Waals surface area contributed by atoms with E-state index in [0.29, 0.717) is 5.92 Å². The van der Waals surface area contributed by atoms with Gasteiger partial charge in [-0.25, -0.2) is 0 Å². The monoisotopic (exact) mass is 661 g/mol. The maximum atomic E-state index is 2.60. The number of rotatable bonds is 5. The summed E-state index contributed by atoms with van der Waals surface area (Å²) in [7, 11) is 0. The fourth-order valence-corrected chi connectivity index (χ4v) is 10.8. The van der Waals surface area contributed by atoms with E-state index < -0.39 is 0 Å². The molecule has 0 aliphatic heterocycles. The lowest BCUT2D eigenvalue weighted by molar-refractivity contribution is 0.444. The van der Waals surface area contributed by atoms with Crippen LogP contribution >= 0.6 is 0 Å². The Morgan fingerprint density at radius 3 is 1.71 bits per heavy atom. The largest absolute Gasteiger partial charge is 0.310 e. The Kier molecular flexibility index (Phi) is 7.18. The van der Waals surface area contributed by atoms with Crippen molar-refractivity contribution in [1.29, 1.82) is 0 Å². The van der Waals surface area contributed by atoms with Crippen molar-refractivity contribution in [2.24, 2.45) is 0 Å². The second kappa shape index (κ2) is 11.8. The van der Waals surface area contributed by atoms with Gasteiger partial charge in [0.1, 0.15) is 0 Å². The van der Waals surface area contributed by atoms with E-state index in [1.165, 1.54) is 130 Å². The van der Waals surface area contributed by atoms with Crippen LogP contribution in [0, 0.1) is 0 Å². The topological polar surface area (TPSA) is 3.24 Å². The minimum atomic E-state index is -0.0752. The van der Waals surface area contributed by atoms with E-state index in [-0.39, 0.29) is 10.8 Å². The van der Waals surface area contributed by atoms with Crippen molar-refractivity contribution in [3.05, 3.63) is 161 Å². The molecule has 1 nitrogen and oxygen atoms in total. The molecule has 2 saturated carbocycles. The predicted molar refractivity (Wildman–Crippen MR) is 215 cm³/mol. The molecule has 1 spiro atoms. The molecule has 0 aromatic heterocycles. The molecular formula is C50H47N. The Morgan fingerprint density at radius 1 is 0.451 bits per heavy atom. The molecule has 6 aromatic carbocycles. The molecule has 0 bridgehead atoms. The van der Waals surface area contributed by atoms with E-state index in [0.717, 1.165) is 0 Å². The maximum Gasteiger partial charge on any atom is 0.0540 e. The molecule has 2 fully saturated rings. The van der Waals surface area contributed by atoms with Gasteiger partial charge < -0.3 is 4.90 Å². The van der Waals surface area contributed by atoms with Gasteiger partial charge in [0.15, 0.2) is 0 Å². The zero-order valence-electron chi connectivity index (χ0n) is 30.1. The number of fused-ring (bicyclic) bond motifs is 8. The first-order chi connectivity index (χ1) is 25.0. The van der Waals surface area contributed by atoms with Crippen LogP contribution in [0.5, 0.6) is 0 Å². The molecular weight excluding hydrogens is 615 g/mol. The van der Waals surface area contributed by atoms with Crippen LogP contribution in [0.25, 0.3) is 33.4 Å². The van der Waals surface area contributed by atoms with Crippen LogP contribution in [-0.4, -0.2) is 0 Å². The van der Waals surface area contributed by atoms with Crippen LogP contribution < -0.4 is 4.90 Å². The van der Waals surface area contributed by atoms with Crippen molar-refractivity contribution in [2.45, 2.75) is 88.4 Å². The van der Waals surface area contributed by atoms with E-state index in [2.05, 4.69) is 152 Å². The van der Waals surface area contributed by atoms with E-state index in [1.807, 2.05) is 0 Å². The Morgan fingerprint density at radius 2 is 0.980 bits per heavy atom. The normalized spacial score (nSPS) is 17.9. The summed E-state index contributed by atoms with van der Waals surface area (Å²) in [6, 6.07) is 51.5. The van der Waals surface area contributed by atoms with Crippen molar-refractivity contribution >= 4 is 17.1 Å². The third-order valence-corrected chi connectivity index (χ3v) is 13.2. The molecule has 0 unspecified atom stereocenters. The molecule has 6 aromatic rings. The van der Waals surface area contributed by atoms with Crippen molar-refractivity contribution < 1.29 is 0 Å². The average Bonchev–Trinajstić information content (AvgIpc) is 3.85. The van der Waals surface area contributed by atoms with E-state index in [9.17, 15) is 0 Å². The first kappa shape index (κ1) is 30.9. The summed E-state index contributed by atoms with van der Waals surface area (Å²) < 4.78 is 0. The van der Waals surface area contributed by atoms with Crippen molar-refractivity contribution in [3.8, 4) is 33.4 Å². The molecule has 51 heavy (non-hydrogen) atoms. The van der Waals surface area contributed by atoms with Crippen molar-refractivity contribution in [2.75, 3.05) is 4.90 Å². The first-order valence-corrected chi connectivity index (χ1v) is 19.5. The third kappa shape index (κ3) is 4.66. The molecule has 4 aliphatic rings. The van der Waals surface area contributed by atoms with Gasteiger partial charge in [0, 0.05) is 27.8 Å². The number of nitrogens with zero attached hydrogens (tertiary/aromatic N) is 1. The van der Waals surface area contributed by atoms with Crippen LogP contribution in [0.2, 0.25) is 0 Å². The van der Waals surface area contributed by atoms with Gasteiger partial charge in [0.2, 0.25) is 0 Å². The molecule has 0 N–H and O–H groups in total. The minimum absolute atomic E-state index is 0.0752. The zero-order chi connectivity index (χ0) is 34.2. The molecule has 0 heterocycles. The number of para-hydroxylation sites is 1. The first-order valence-electron chi connectivity index (χ1n) is 19.5. The highest BCUT2D eigenvalue weighted by Gasteiger charge is 2.45. The quantitative estimate of drug-likeness (QED) is 0.178. The Labute approximate surface area is 304 Å². The lowest BCUT2D eigenvalue weighted by Gasteiger charge is -2.32. The van der Waals surface area contributed by atoms with E-state index in [1.54, 1.807) is 5.56 Å². The van der Waals surface area contributed by atoms with Crippen LogP contribution in [0.4, 0.5) is 17.1 Å². The summed E-state index contributed by atoms with van der Waals surface area (Å²) in [5.41, 5.74) is 19.5. The fourth-order valence-electron chi connectivity index (χ4n) is 10.8. The lowest BCUT2D eigenvalue weighted by Crippen LogP contribution is -2.21. The second-order valence-electron chi connectivity index (χ2n) is 16.2. The van der Waals surface area contributed by atoms with Crippen molar-refractivity contribution in [1.82, 2.24) is 0 Å². The summed E-state index contributed by atoms with van der Waals surface area (Å²) in [4.78, 5) is 2.60. The molecule has 0 atom stereocenters. The van der Waals surface area contributed by atoms with E-state index >= 15 is 0 Å². The number of hydrogen-bond acceptors (Lipinski definition) is 1. The van der Waals surface area contributed by atoms with Gasteiger partial charge in [-0.1, -0.05) is 149 Å². The Bertz CT molecular complexity index is 2290. The Balaban J connectivity index is 1.20. The molecule has 10 rings (SSSR count). The summed E-state index contributed by atoms with van der Waals surface area (Å²) in [5.74, 6) is 0.622. The van der Waals surface area contributed by atoms with Crippen LogP contribution in [0.3, 0.4) is 0 Å². The van der Waals surface area contributed by atoms with Crippen LogP contribution in [-0.2, 0) is 10.8 Å². The van der Waals surface area contributed by atoms with Crippen LogP contribution in [0.15, 0.2) is 133 Å². The number of benzene rings is 6. The molecule has 0 amide bonds. The highest BCUT2D eigenvalue weighted by Crippen LogP contribution is 2.58. The standard InChI is InChI=1S/C50H47N/c1-49(2)44-23-11-8-20-39(44)41-28-26-35(32-46(41)49)51(36-27-29-42-40-21-9-12-24-45(40)50(47(42)33-36)30-14-15-31-50)48-25-13-10-22-43(48)38-19-7-6-18-37(38)34-16-4-3-5-17-34/h6-13,18-29,32-34H,3-5,14-17,30-31H2,1-2H3. The van der Waals surface area contributed by atoms with Gasteiger partial charge in [0.05, 0.1) is 5.69 Å². The van der Waals surface area contributed by atoms with Gasteiger partial charge in [-0.2, -0.15) is 0 Å². The third-order valence-electron chi connectivity index (χ3n) is 13.2. The van der Waals surface area contributed by atoms with Gasteiger partial charge >= 0.3 is 0 Å².